The molecular formula is C14H18N2O. The van der Waals surface area contributed by atoms with E-state index in [1.165, 1.54) is 16.5 Å². The maximum atomic E-state index is 11.4. The van der Waals surface area contributed by atoms with Gasteiger partial charge in [0, 0.05) is 31.2 Å². The number of fused-ring (bicyclic) bond motifs is 1. The first-order valence-electron chi connectivity index (χ1n) is 6.03. The third kappa shape index (κ3) is 2.67. The molecule has 1 amide bonds. The summed E-state index contributed by atoms with van der Waals surface area (Å²) in [5.74, 6) is 0.113. The number of carbonyl (C=O) groups is 1. The van der Waals surface area contributed by atoms with E-state index in [1.54, 1.807) is 0 Å². The third-order valence-corrected chi connectivity index (χ3v) is 2.88. The summed E-state index contributed by atoms with van der Waals surface area (Å²) >= 11 is 0. The molecule has 1 N–H and O–H groups in total. The van der Waals surface area contributed by atoms with Gasteiger partial charge in [0.1, 0.15) is 0 Å². The summed E-state index contributed by atoms with van der Waals surface area (Å²) < 4.78 is 2.14. The maximum absolute atomic E-state index is 11.4. The number of nitrogens with zero attached hydrogens (tertiary/aromatic N) is 1. The van der Waals surface area contributed by atoms with Gasteiger partial charge in [0.05, 0.1) is 0 Å². The van der Waals surface area contributed by atoms with E-state index in [4.69, 9.17) is 0 Å². The van der Waals surface area contributed by atoms with Gasteiger partial charge in [-0.05, 0) is 36.9 Å². The van der Waals surface area contributed by atoms with Crippen molar-refractivity contribution in [2.75, 3.05) is 6.54 Å². The van der Waals surface area contributed by atoms with Gasteiger partial charge in [-0.3, -0.25) is 4.79 Å². The molecular weight excluding hydrogens is 212 g/mol. The zero-order valence-electron chi connectivity index (χ0n) is 10.4. The van der Waals surface area contributed by atoms with Gasteiger partial charge >= 0.3 is 0 Å². The number of hydrogen-bond acceptors (Lipinski definition) is 1. The summed E-state index contributed by atoms with van der Waals surface area (Å²) in [6.07, 6.45) is 2.58. The summed E-state index contributed by atoms with van der Waals surface area (Å²) in [7, 11) is 0. The zero-order chi connectivity index (χ0) is 12.3. The van der Waals surface area contributed by atoms with Crippen LogP contribution in [0.1, 0.15) is 18.9 Å². The number of nitrogens with one attached hydrogen (secondary N) is 1. The predicted octanol–water partition coefficient (Wildman–Crippen LogP) is 2.48. The number of hydrogen-bond donors (Lipinski definition) is 1. The smallest absolute Gasteiger partial charge is 0.221 e. The first-order valence-corrected chi connectivity index (χ1v) is 6.03. The molecule has 2 aromatic rings. The quantitative estimate of drug-likeness (QED) is 0.860. The molecule has 0 spiro atoms. The van der Waals surface area contributed by atoms with Crippen LogP contribution in [0.3, 0.4) is 0 Å². The SMILES string of the molecule is CCNC(=O)CCn1ccc2ccc(C)cc21. The largest absolute Gasteiger partial charge is 0.356 e. The highest BCUT2D eigenvalue weighted by atomic mass is 16.1. The van der Waals surface area contributed by atoms with Crippen LogP contribution in [0.15, 0.2) is 30.5 Å². The van der Waals surface area contributed by atoms with E-state index in [-0.39, 0.29) is 5.91 Å². The highest BCUT2D eigenvalue weighted by molar-refractivity contribution is 5.81. The Bertz CT molecular complexity index is 528. The highest BCUT2D eigenvalue weighted by Gasteiger charge is 2.03. The fraction of sp³-hybridized carbons (Fsp3) is 0.357. The summed E-state index contributed by atoms with van der Waals surface area (Å²) in [6.45, 7) is 5.45. The average Bonchev–Trinajstić information content (AvgIpc) is 2.69. The van der Waals surface area contributed by atoms with Gasteiger partial charge < -0.3 is 9.88 Å². The number of aromatic nitrogens is 1. The van der Waals surface area contributed by atoms with Crippen LogP contribution in [0.25, 0.3) is 10.9 Å². The topological polar surface area (TPSA) is 34.0 Å². The van der Waals surface area contributed by atoms with Gasteiger partial charge in [-0.1, -0.05) is 12.1 Å². The van der Waals surface area contributed by atoms with Gasteiger partial charge in [-0.15, -0.1) is 0 Å². The molecule has 0 atom stereocenters. The van der Waals surface area contributed by atoms with Crippen molar-refractivity contribution in [2.45, 2.75) is 26.8 Å². The van der Waals surface area contributed by atoms with E-state index in [9.17, 15) is 4.79 Å². The standard InChI is InChI=1S/C14H18N2O/c1-3-15-14(17)7-9-16-8-6-12-5-4-11(2)10-13(12)16/h4-6,8,10H,3,7,9H2,1-2H3,(H,15,17). The maximum Gasteiger partial charge on any atom is 0.221 e. The number of rotatable bonds is 4. The molecule has 0 aliphatic heterocycles. The second-order valence-corrected chi connectivity index (χ2v) is 4.27. The Kier molecular flexibility index (Phi) is 3.47. The lowest BCUT2D eigenvalue weighted by molar-refractivity contribution is -0.121. The second kappa shape index (κ2) is 5.04. The van der Waals surface area contributed by atoms with Crippen LogP contribution in [-0.2, 0) is 11.3 Å². The Balaban J connectivity index is 2.13. The van der Waals surface area contributed by atoms with Crippen LogP contribution in [0.5, 0.6) is 0 Å². The normalized spacial score (nSPS) is 10.7. The molecule has 3 heteroatoms. The van der Waals surface area contributed by atoms with Crippen molar-refractivity contribution in [2.24, 2.45) is 0 Å². The van der Waals surface area contributed by atoms with Crippen LogP contribution in [0.4, 0.5) is 0 Å². The van der Waals surface area contributed by atoms with Crippen molar-refractivity contribution < 1.29 is 4.79 Å². The van der Waals surface area contributed by atoms with Crippen molar-refractivity contribution in [3.63, 3.8) is 0 Å². The molecule has 1 aromatic heterocycles. The second-order valence-electron chi connectivity index (χ2n) is 4.27. The highest BCUT2D eigenvalue weighted by Crippen LogP contribution is 2.17. The number of benzene rings is 1. The number of amides is 1. The zero-order valence-corrected chi connectivity index (χ0v) is 10.4. The molecule has 1 heterocycles. The Morgan fingerprint density at radius 2 is 2.18 bits per heavy atom. The summed E-state index contributed by atoms with van der Waals surface area (Å²) in [5, 5.41) is 4.04. The lowest BCUT2D eigenvalue weighted by atomic mass is 10.2. The van der Waals surface area contributed by atoms with E-state index in [0.717, 1.165) is 6.54 Å². The van der Waals surface area contributed by atoms with Crippen molar-refractivity contribution in [1.29, 1.82) is 0 Å². The van der Waals surface area contributed by atoms with Crippen molar-refractivity contribution in [3.8, 4) is 0 Å². The van der Waals surface area contributed by atoms with Gasteiger partial charge in [-0.2, -0.15) is 0 Å². The van der Waals surface area contributed by atoms with Crippen LogP contribution in [-0.4, -0.2) is 17.0 Å². The van der Waals surface area contributed by atoms with Crippen molar-refractivity contribution >= 4 is 16.8 Å². The Hall–Kier alpha value is -1.77. The van der Waals surface area contributed by atoms with E-state index < -0.39 is 0 Å². The molecule has 0 bridgehead atoms. The van der Waals surface area contributed by atoms with Gasteiger partial charge in [-0.25, -0.2) is 0 Å². The predicted molar refractivity (Wildman–Crippen MR) is 70.0 cm³/mol. The lowest BCUT2D eigenvalue weighted by Gasteiger charge is -2.06. The van der Waals surface area contributed by atoms with Gasteiger partial charge in [0.2, 0.25) is 5.91 Å². The van der Waals surface area contributed by atoms with Crippen LogP contribution in [0.2, 0.25) is 0 Å². The molecule has 0 aliphatic carbocycles. The third-order valence-electron chi connectivity index (χ3n) is 2.88. The van der Waals surface area contributed by atoms with Gasteiger partial charge in [0.15, 0.2) is 0 Å². The summed E-state index contributed by atoms with van der Waals surface area (Å²) in [4.78, 5) is 11.4. The average molecular weight is 230 g/mol. The molecule has 0 aliphatic rings. The number of aryl methyl sites for hydroxylation is 2. The monoisotopic (exact) mass is 230 g/mol. The van der Waals surface area contributed by atoms with Gasteiger partial charge in [0.25, 0.3) is 0 Å². The fourth-order valence-electron chi connectivity index (χ4n) is 2.00. The first-order chi connectivity index (χ1) is 8.20. The molecule has 0 saturated heterocycles. The van der Waals surface area contributed by atoms with Crippen molar-refractivity contribution in [1.82, 2.24) is 9.88 Å². The molecule has 0 unspecified atom stereocenters. The fourth-order valence-corrected chi connectivity index (χ4v) is 2.00. The molecule has 1 aromatic carbocycles. The summed E-state index contributed by atoms with van der Waals surface area (Å²) in [5.41, 5.74) is 2.45. The van der Waals surface area contributed by atoms with Crippen molar-refractivity contribution in [3.05, 3.63) is 36.0 Å². The lowest BCUT2D eigenvalue weighted by Crippen LogP contribution is -2.23. The van der Waals surface area contributed by atoms with Crippen LogP contribution < -0.4 is 5.32 Å². The molecule has 0 radical (unpaired) electrons. The molecule has 2 rings (SSSR count). The molecule has 3 nitrogen and oxygen atoms in total. The molecule has 17 heavy (non-hydrogen) atoms. The van der Waals surface area contributed by atoms with E-state index in [1.807, 2.05) is 13.1 Å². The Labute approximate surface area is 101 Å². The van der Waals surface area contributed by atoms with E-state index in [2.05, 4.69) is 41.1 Å². The Morgan fingerprint density at radius 1 is 1.35 bits per heavy atom. The van der Waals surface area contributed by atoms with E-state index >= 15 is 0 Å². The minimum Gasteiger partial charge on any atom is -0.356 e. The number of carbonyl (C=O) groups excluding carboxylic acids is 1. The van der Waals surface area contributed by atoms with Crippen LogP contribution in [0, 0.1) is 6.92 Å². The molecule has 90 valence electrons. The summed E-state index contributed by atoms with van der Waals surface area (Å²) in [6, 6.07) is 8.48. The minimum absolute atomic E-state index is 0.113. The van der Waals surface area contributed by atoms with Crippen LogP contribution >= 0.6 is 0 Å². The van der Waals surface area contributed by atoms with E-state index in [0.29, 0.717) is 13.0 Å². The first kappa shape index (κ1) is 11.7. The minimum atomic E-state index is 0.113. The molecule has 0 saturated carbocycles. The molecule has 0 fully saturated rings. The Morgan fingerprint density at radius 3 is 2.94 bits per heavy atom.